The molecule has 0 aliphatic rings. The normalized spacial score (nSPS) is 11.3. The number of nitrogens with zero attached hydrogens (tertiary/aromatic N) is 2. The summed E-state index contributed by atoms with van der Waals surface area (Å²) in [5.41, 5.74) is 1.29. The average Bonchev–Trinajstić information content (AvgIpc) is 2.73. The first-order valence-electron chi connectivity index (χ1n) is 9.31. The third kappa shape index (κ3) is 6.56. The topological polar surface area (TPSA) is 85.4 Å². The SMILES string of the molecule is COc1cc(CN(C)C(=O)CN(Cc2ccc(F)cc2)S(C)(=O)=O)cc(OC)c1OC. The highest BCUT2D eigenvalue weighted by Gasteiger charge is 2.23. The van der Waals surface area contributed by atoms with Gasteiger partial charge >= 0.3 is 0 Å². The maximum absolute atomic E-state index is 13.1. The Hall–Kier alpha value is -2.85. The van der Waals surface area contributed by atoms with E-state index in [9.17, 15) is 17.6 Å². The molecule has 0 spiro atoms. The molecular weight excluding hydrogens is 427 g/mol. The van der Waals surface area contributed by atoms with E-state index >= 15 is 0 Å². The van der Waals surface area contributed by atoms with Gasteiger partial charge in [-0.15, -0.1) is 0 Å². The molecule has 170 valence electrons. The number of halogens is 1. The molecule has 2 aromatic rings. The number of rotatable bonds is 10. The number of hydrogen-bond acceptors (Lipinski definition) is 6. The van der Waals surface area contributed by atoms with Gasteiger partial charge in [-0.3, -0.25) is 4.79 Å². The Labute approximate surface area is 182 Å². The minimum atomic E-state index is -3.67. The molecule has 0 saturated carbocycles. The number of ether oxygens (including phenoxy) is 3. The molecule has 31 heavy (non-hydrogen) atoms. The third-order valence-corrected chi connectivity index (χ3v) is 5.82. The number of sulfonamides is 1. The van der Waals surface area contributed by atoms with E-state index < -0.39 is 21.7 Å². The van der Waals surface area contributed by atoms with Crippen molar-refractivity contribution in [3.63, 3.8) is 0 Å². The largest absolute Gasteiger partial charge is 0.493 e. The molecule has 0 radical (unpaired) electrons. The standard InChI is InChI=1S/C21H27FN2O6S/c1-23(12-16-10-18(28-2)21(30-4)19(11-16)29-3)20(25)14-24(31(5,26)27)13-15-6-8-17(22)9-7-15/h6-11H,12-14H2,1-5H3. The lowest BCUT2D eigenvalue weighted by Gasteiger charge is -2.24. The summed E-state index contributed by atoms with van der Waals surface area (Å²) in [5, 5.41) is 0. The monoisotopic (exact) mass is 454 g/mol. The van der Waals surface area contributed by atoms with Gasteiger partial charge in [0.2, 0.25) is 21.7 Å². The van der Waals surface area contributed by atoms with Crippen molar-refractivity contribution in [1.29, 1.82) is 0 Å². The van der Waals surface area contributed by atoms with Gasteiger partial charge in [-0.2, -0.15) is 4.31 Å². The molecule has 2 rings (SSSR count). The number of carbonyl (C=O) groups is 1. The molecule has 0 aliphatic carbocycles. The second-order valence-electron chi connectivity index (χ2n) is 6.94. The van der Waals surface area contributed by atoms with E-state index in [2.05, 4.69) is 0 Å². The summed E-state index contributed by atoms with van der Waals surface area (Å²) in [6.07, 6.45) is 1.03. The van der Waals surface area contributed by atoms with E-state index in [0.29, 0.717) is 22.8 Å². The first kappa shape index (κ1) is 24.4. The Morgan fingerprint density at radius 1 is 0.935 bits per heavy atom. The van der Waals surface area contributed by atoms with Gasteiger partial charge in [-0.1, -0.05) is 12.1 Å². The van der Waals surface area contributed by atoms with E-state index in [1.807, 2.05) is 0 Å². The number of methoxy groups -OCH3 is 3. The summed E-state index contributed by atoms with van der Waals surface area (Å²) in [4.78, 5) is 14.2. The van der Waals surface area contributed by atoms with Gasteiger partial charge in [0, 0.05) is 20.1 Å². The summed E-state index contributed by atoms with van der Waals surface area (Å²) >= 11 is 0. The van der Waals surface area contributed by atoms with Crippen molar-refractivity contribution in [2.45, 2.75) is 13.1 Å². The zero-order valence-electron chi connectivity index (χ0n) is 18.2. The van der Waals surface area contributed by atoms with Crippen molar-refractivity contribution in [2.24, 2.45) is 0 Å². The second kappa shape index (κ2) is 10.5. The maximum atomic E-state index is 13.1. The molecule has 0 unspecified atom stereocenters. The smallest absolute Gasteiger partial charge is 0.237 e. The molecule has 0 fully saturated rings. The number of likely N-dealkylation sites (N-methyl/N-ethyl adjacent to an activating group) is 1. The molecule has 8 nitrogen and oxygen atoms in total. The maximum Gasteiger partial charge on any atom is 0.237 e. The summed E-state index contributed by atoms with van der Waals surface area (Å²) in [7, 11) is 2.39. The summed E-state index contributed by atoms with van der Waals surface area (Å²) in [5.74, 6) is 0.515. The van der Waals surface area contributed by atoms with Crippen LogP contribution in [0, 0.1) is 5.82 Å². The molecule has 0 heterocycles. The minimum Gasteiger partial charge on any atom is -0.493 e. The van der Waals surface area contributed by atoms with Gasteiger partial charge in [0.05, 0.1) is 34.1 Å². The van der Waals surface area contributed by atoms with Crippen molar-refractivity contribution in [1.82, 2.24) is 9.21 Å². The van der Waals surface area contributed by atoms with E-state index in [1.165, 1.54) is 50.5 Å². The molecule has 0 aliphatic heterocycles. The Bertz CT molecular complexity index is 986. The molecule has 1 amide bonds. The first-order valence-corrected chi connectivity index (χ1v) is 11.2. The molecule has 0 atom stereocenters. The van der Waals surface area contributed by atoms with Crippen LogP contribution in [0.1, 0.15) is 11.1 Å². The first-order chi connectivity index (χ1) is 14.6. The molecule has 2 aromatic carbocycles. The lowest BCUT2D eigenvalue weighted by atomic mass is 10.1. The quantitative estimate of drug-likeness (QED) is 0.548. The van der Waals surface area contributed by atoms with Gasteiger partial charge in [0.25, 0.3) is 0 Å². The predicted octanol–water partition coefficient (Wildman–Crippen LogP) is 2.27. The lowest BCUT2D eigenvalue weighted by molar-refractivity contribution is -0.130. The van der Waals surface area contributed by atoms with Crippen molar-refractivity contribution in [3.05, 3.63) is 53.3 Å². The zero-order valence-corrected chi connectivity index (χ0v) is 19.0. The fourth-order valence-corrected chi connectivity index (χ4v) is 3.67. The average molecular weight is 455 g/mol. The van der Waals surface area contributed by atoms with Gasteiger partial charge < -0.3 is 19.1 Å². The number of amides is 1. The Balaban J connectivity index is 2.16. The van der Waals surface area contributed by atoms with E-state index in [0.717, 1.165) is 16.1 Å². The molecule has 0 aromatic heterocycles. The Kier molecular flexibility index (Phi) is 8.23. The minimum absolute atomic E-state index is 0.0388. The Morgan fingerprint density at radius 2 is 1.48 bits per heavy atom. The molecule has 0 N–H and O–H groups in total. The summed E-state index contributed by atoms with van der Waals surface area (Å²) in [6.45, 7) is -0.191. The van der Waals surface area contributed by atoms with Gasteiger partial charge in [0.1, 0.15) is 5.82 Å². The van der Waals surface area contributed by atoms with Crippen LogP contribution in [-0.2, 0) is 27.9 Å². The predicted molar refractivity (Wildman–Crippen MR) is 114 cm³/mol. The van der Waals surface area contributed by atoms with Crippen molar-refractivity contribution >= 4 is 15.9 Å². The van der Waals surface area contributed by atoms with E-state index in [-0.39, 0.29) is 19.6 Å². The van der Waals surface area contributed by atoms with Crippen LogP contribution >= 0.6 is 0 Å². The van der Waals surface area contributed by atoms with Crippen LogP contribution in [0.3, 0.4) is 0 Å². The van der Waals surface area contributed by atoms with Crippen LogP contribution < -0.4 is 14.2 Å². The van der Waals surface area contributed by atoms with Crippen molar-refractivity contribution in [3.8, 4) is 17.2 Å². The number of hydrogen-bond donors (Lipinski definition) is 0. The highest BCUT2D eigenvalue weighted by molar-refractivity contribution is 7.88. The highest BCUT2D eigenvalue weighted by Crippen LogP contribution is 2.38. The molecule has 0 bridgehead atoms. The van der Waals surface area contributed by atoms with Crippen LogP contribution in [0.25, 0.3) is 0 Å². The summed E-state index contributed by atoms with van der Waals surface area (Å²) in [6, 6.07) is 8.90. The van der Waals surface area contributed by atoms with Gasteiger partial charge in [-0.05, 0) is 35.4 Å². The van der Waals surface area contributed by atoms with Crippen LogP contribution in [0.4, 0.5) is 4.39 Å². The second-order valence-corrected chi connectivity index (χ2v) is 8.92. The van der Waals surface area contributed by atoms with Crippen LogP contribution in [0.2, 0.25) is 0 Å². The highest BCUT2D eigenvalue weighted by atomic mass is 32.2. The fraction of sp³-hybridized carbons (Fsp3) is 0.381. The third-order valence-electron chi connectivity index (χ3n) is 4.62. The van der Waals surface area contributed by atoms with Crippen LogP contribution in [-0.4, -0.2) is 64.7 Å². The fourth-order valence-electron chi connectivity index (χ4n) is 2.94. The zero-order chi connectivity index (χ0) is 23.2. The molecular formula is C21H27FN2O6S. The summed E-state index contributed by atoms with van der Waals surface area (Å²) < 4.78 is 54.5. The molecule has 10 heteroatoms. The number of benzene rings is 2. The van der Waals surface area contributed by atoms with Crippen molar-refractivity contribution in [2.75, 3.05) is 41.2 Å². The lowest BCUT2D eigenvalue weighted by Crippen LogP contribution is -2.40. The van der Waals surface area contributed by atoms with Crippen molar-refractivity contribution < 1.29 is 31.8 Å². The van der Waals surface area contributed by atoms with Crippen LogP contribution in [0.15, 0.2) is 36.4 Å². The van der Waals surface area contributed by atoms with Gasteiger partial charge in [-0.25, -0.2) is 12.8 Å². The van der Waals surface area contributed by atoms with E-state index in [1.54, 1.807) is 19.2 Å². The van der Waals surface area contributed by atoms with Crippen LogP contribution in [0.5, 0.6) is 17.2 Å². The van der Waals surface area contributed by atoms with E-state index in [4.69, 9.17) is 14.2 Å². The van der Waals surface area contributed by atoms with Gasteiger partial charge in [0.15, 0.2) is 11.5 Å². The number of carbonyl (C=O) groups excluding carboxylic acids is 1. The molecule has 0 saturated heterocycles. The Morgan fingerprint density at radius 3 is 1.94 bits per heavy atom.